The Morgan fingerprint density at radius 3 is 2.85 bits per heavy atom. The van der Waals surface area contributed by atoms with Gasteiger partial charge in [-0.05, 0) is 43.3 Å². The minimum absolute atomic E-state index is 0.356. The Balaban J connectivity index is 2.04. The summed E-state index contributed by atoms with van der Waals surface area (Å²) in [5, 5.41) is 3.45. The van der Waals surface area contributed by atoms with Gasteiger partial charge in [0.15, 0.2) is 0 Å². The zero-order valence-electron chi connectivity index (χ0n) is 11.9. The molecule has 0 amide bonds. The van der Waals surface area contributed by atoms with E-state index in [0.29, 0.717) is 6.04 Å². The van der Waals surface area contributed by atoms with Crippen molar-refractivity contribution in [3.8, 4) is 5.69 Å². The maximum Gasteiger partial charge on any atom is 0.100 e. The highest BCUT2D eigenvalue weighted by Gasteiger charge is 2.07. The van der Waals surface area contributed by atoms with Crippen molar-refractivity contribution < 1.29 is 0 Å². The number of aromatic nitrogens is 2. The number of fused-ring (bicyclic) bond motifs is 1. The van der Waals surface area contributed by atoms with Gasteiger partial charge in [0.2, 0.25) is 0 Å². The first-order valence-corrected chi connectivity index (χ1v) is 7.05. The van der Waals surface area contributed by atoms with Gasteiger partial charge >= 0.3 is 0 Å². The van der Waals surface area contributed by atoms with Gasteiger partial charge < -0.3 is 5.32 Å². The molecule has 3 heteroatoms. The van der Waals surface area contributed by atoms with Crippen LogP contribution in [-0.2, 0) is 0 Å². The topological polar surface area (TPSA) is 29.9 Å². The van der Waals surface area contributed by atoms with Gasteiger partial charge in [-0.3, -0.25) is 4.57 Å². The first kappa shape index (κ1) is 12.9. The second kappa shape index (κ2) is 5.47. The van der Waals surface area contributed by atoms with Gasteiger partial charge in [-0.2, -0.15) is 0 Å². The second-order valence-electron chi connectivity index (χ2n) is 4.98. The lowest BCUT2D eigenvalue weighted by atomic mass is 10.1. The highest BCUT2D eigenvalue weighted by atomic mass is 15.0. The molecule has 1 aromatic heterocycles. The largest absolute Gasteiger partial charge is 0.310 e. The van der Waals surface area contributed by atoms with Crippen molar-refractivity contribution in [1.29, 1.82) is 0 Å². The van der Waals surface area contributed by atoms with Crippen molar-refractivity contribution in [2.75, 3.05) is 6.54 Å². The zero-order valence-corrected chi connectivity index (χ0v) is 11.9. The number of hydrogen-bond acceptors (Lipinski definition) is 2. The molecule has 1 N–H and O–H groups in total. The van der Waals surface area contributed by atoms with Crippen molar-refractivity contribution in [3.63, 3.8) is 0 Å². The van der Waals surface area contributed by atoms with Crippen molar-refractivity contribution in [3.05, 3.63) is 60.4 Å². The van der Waals surface area contributed by atoms with Crippen molar-refractivity contribution in [1.82, 2.24) is 14.9 Å². The van der Waals surface area contributed by atoms with E-state index in [4.69, 9.17) is 0 Å². The van der Waals surface area contributed by atoms with E-state index in [2.05, 4.69) is 59.0 Å². The number of benzene rings is 2. The fourth-order valence-electron chi connectivity index (χ4n) is 2.53. The summed E-state index contributed by atoms with van der Waals surface area (Å²) in [5.74, 6) is 0. The molecule has 2 aromatic carbocycles. The normalized spacial score (nSPS) is 12.7. The quantitative estimate of drug-likeness (QED) is 0.779. The summed E-state index contributed by atoms with van der Waals surface area (Å²) in [6.07, 6.45) is 1.89. The fraction of sp³-hybridized carbons (Fsp3) is 0.235. The smallest absolute Gasteiger partial charge is 0.100 e. The van der Waals surface area contributed by atoms with E-state index >= 15 is 0 Å². The third-order valence-electron chi connectivity index (χ3n) is 3.61. The predicted octanol–water partition coefficient (Wildman–Crippen LogP) is 3.70. The van der Waals surface area contributed by atoms with Crippen LogP contribution in [0.25, 0.3) is 16.7 Å². The third kappa shape index (κ3) is 2.32. The molecule has 1 heterocycles. The van der Waals surface area contributed by atoms with Gasteiger partial charge in [0.1, 0.15) is 6.33 Å². The molecule has 0 bridgehead atoms. The van der Waals surface area contributed by atoms with Gasteiger partial charge in [0.25, 0.3) is 0 Å². The van der Waals surface area contributed by atoms with E-state index in [1.807, 2.05) is 24.5 Å². The zero-order chi connectivity index (χ0) is 13.9. The van der Waals surface area contributed by atoms with Gasteiger partial charge in [-0.1, -0.05) is 31.2 Å². The molecule has 3 rings (SSSR count). The molecule has 20 heavy (non-hydrogen) atoms. The Labute approximate surface area is 119 Å². The molecule has 0 aliphatic carbocycles. The first-order valence-electron chi connectivity index (χ1n) is 7.05. The summed E-state index contributed by atoms with van der Waals surface area (Å²) in [7, 11) is 0. The van der Waals surface area contributed by atoms with Crippen LogP contribution in [0.5, 0.6) is 0 Å². The van der Waals surface area contributed by atoms with E-state index < -0.39 is 0 Å². The number of hydrogen-bond donors (Lipinski definition) is 1. The molecule has 0 aliphatic heterocycles. The summed E-state index contributed by atoms with van der Waals surface area (Å²) >= 11 is 0. The van der Waals surface area contributed by atoms with Gasteiger partial charge in [0.05, 0.1) is 11.0 Å². The van der Waals surface area contributed by atoms with Crippen LogP contribution < -0.4 is 5.32 Å². The monoisotopic (exact) mass is 265 g/mol. The Kier molecular flexibility index (Phi) is 3.52. The van der Waals surface area contributed by atoms with Crippen LogP contribution in [0.15, 0.2) is 54.9 Å². The molecular formula is C17H19N3. The minimum Gasteiger partial charge on any atom is -0.310 e. The maximum atomic E-state index is 4.45. The van der Waals surface area contributed by atoms with E-state index in [1.54, 1.807) is 0 Å². The number of imidazole rings is 1. The van der Waals surface area contributed by atoms with Crippen molar-refractivity contribution in [2.45, 2.75) is 19.9 Å². The Hall–Kier alpha value is -2.13. The lowest BCUT2D eigenvalue weighted by Crippen LogP contribution is -2.17. The lowest BCUT2D eigenvalue weighted by Gasteiger charge is -2.14. The third-order valence-corrected chi connectivity index (χ3v) is 3.61. The number of rotatable bonds is 4. The lowest BCUT2D eigenvalue weighted by molar-refractivity contribution is 0.598. The first-order chi connectivity index (χ1) is 9.79. The summed E-state index contributed by atoms with van der Waals surface area (Å²) in [6, 6.07) is 17.2. The number of nitrogens with one attached hydrogen (secondary N) is 1. The molecule has 102 valence electrons. The fourth-order valence-corrected chi connectivity index (χ4v) is 2.53. The van der Waals surface area contributed by atoms with Crippen LogP contribution in [-0.4, -0.2) is 16.1 Å². The molecule has 0 saturated carbocycles. The van der Waals surface area contributed by atoms with Crippen LogP contribution >= 0.6 is 0 Å². The van der Waals surface area contributed by atoms with E-state index in [0.717, 1.165) is 23.3 Å². The average Bonchev–Trinajstić information content (AvgIpc) is 2.91. The van der Waals surface area contributed by atoms with Crippen LogP contribution in [0.1, 0.15) is 25.5 Å². The maximum absolute atomic E-state index is 4.45. The summed E-state index contributed by atoms with van der Waals surface area (Å²) < 4.78 is 2.14. The molecule has 1 unspecified atom stereocenters. The SMILES string of the molecule is CCNC(C)c1cccc(-n2cnc3ccccc32)c1. The highest BCUT2D eigenvalue weighted by molar-refractivity contribution is 5.77. The predicted molar refractivity (Wildman–Crippen MR) is 83.2 cm³/mol. The molecule has 0 radical (unpaired) electrons. The Morgan fingerprint density at radius 2 is 2.00 bits per heavy atom. The van der Waals surface area contributed by atoms with E-state index in [1.165, 1.54) is 5.56 Å². The molecule has 0 aliphatic rings. The number of nitrogens with zero attached hydrogens (tertiary/aromatic N) is 2. The van der Waals surface area contributed by atoms with Crippen LogP contribution in [0.2, 0.25) is 0 Å². The molecule has 0 spiro atoms. The molecule has 1 atom stereocenters. The molecule has 3 aromatic rings. The number of para-hydroxylation sites is 2. The molecule has 3 nitrogen and oxygen atoms in total. The van der Waals surface area contributed by atoms with E-state index in [-0.39, 0.29) is 0 Å². The van der Waals surface area contributed by atoms with Gasteiger partial charge in [-0.15, -0.1) is 0 Å². The molecular weight excluding hydrogens is 246 g/mol. The van der Waals surface area contributed by atoms with Crippen molar-refractivity contribution in [2.24, 2.45) is 0 Å². The molecule has 0 saturated heterocycles. The molecule has 0 fully saturated rings. The van der Waals surface area contributed by atoms with Crippen molar-refractivity contribution >= 4 is 11.0 Å². The van der Waals surface area contributed by atoms with Gasteiger partial charge in [0, 0.05) is 11.7 Å². The Bertz CT molecular complexity index is 715. The van der Waals surface area contributed by atoms with Crippen LogP contribution in [0.4, 0.5) is 0 Å². The highest BCUT2D eigenvalue weighted by Crippen LogP contribution is 2.21. The van der Waals surface area contributed by atoms with E-state index in [9.17, 15) is 0 Å². The Morgan fingerprint density at radius 1 is 1.15 bits per heavy atom. The van der Waals surface area contributed by atoms with Crippen LogP contribution in [0.3, 0.4) is 0 Å². The van der Waals surface area contributed by atoms with Crippen LogP contribution in [0, 0.1) is 0 Å². The van der Waals surface area contributed by atoms with Gasteiger partial charge in [-0.25, -0.2) is 4.98 Å². The standard InChI is InChI=1S/C17H19N3/c1-3-18-13(2)14-7-6-8-15(11-14)20-12-19-16-9-4-5-10-17(16)20/h4-13,18H,3H2,1-2H3. The minimum atomic E-state index is 0.356. The average molecular weight is 265 g/mol. The summed E-state index contributed by atoms with van der Waals surface area (Å²) in [6.45, 7) is 5.29. The summed E-state index contributed by atoms with van der Waals surface area (Å²) in [5.41, 5.74) is 4.61. The second-order valence-corrected chi connectivity index (χ2v) is 4.98. The summed E-state index contributed by atoms with van der Waals surface area (Å²) in [4.78, 5) is 4.45.